The molecule has 134 valence electrons. The Morgan fingerprint density at radius 1 is 1.15 bits per heavy atom. The maximum absolute atomic E-state index is 6.31. The van der Waals surface area contributed by atoms with Crippen LogP contribution in [0.4, 0.5) is 11.4 Å². The Labute approximate surface area is 166 Å². The minimum absolute atomic E-state index is 0.0278. The van der Waals surface area contributed by atoms with Crippen LogP contribution in [0.15, 0.2) is 76.3 Å². The van der Waals surface area contributed by atoms with Gasteiger partial charge < -0.3 is 10.6 Å². The second-order valence-corrected chi connectivity index (χ2v) is 8.58. The monoisotopic (exact) mass is 390 g/mol. The summed E-state index contributed by atoms with van der Waals surface area (Å²) in [5.74, 6) is 0. The minimum Gasteiger partial charge on any atom is -0.398 e. The van der Waals surface area contributed by atoms with Gasteiger partial charge in [0.2, 0.25) is 0 Å². The van der Waals surface area contributed by atoms with Crippen molar-refractivity contribution in [3.8, 4) is 10.4 Å². The second kappa shape index (κ2) is 6.87. The molecule has 2 N–H and O–H groups in total. The molecule has 0 saturated carbocycles. The average molecular weight is 391 g/mol. The largest absolute Gasteiger partial charge is 0.398 e. The van der Waals surface area contributed by atoms with Crippen LogP contribution in [0.1, 0.15) is 17.4 Å². The van der Waals surface area contributed by atoms with E-state index in [1.807, 2.05) is 18.3 Å². The van der Waals surface area contributed by atoms with E-state index in [0.717, 1.165) is 29.9 Å². The van der Waals surface area contributed by atoms with Gasteiger partial charge in [-0.05, 0) is 41.3 Å². The zero-order valence-electron chi connectivity index (χ0n) is 14.6. The van der Waals surface area contributed by atoms with Crippen LogP contribution in [0.5, 0.6) is 0 Å². The summed E-state index contributed by atoms with van der Waals surface area (Å²) in [7, 11) is 0. The summed E-state index contributed by atoms with van der Waals surface area (Å²) in [6, 6.07) is 14.6. The van der Waals surface area contributed by atoms with E-state index in [1.54, 1.807) is 29.3 Å². The number of pyridine rings is 1. The van der Waals surface area contributed by atoms with Gasteiger partial charge in [0.25, 0.3) is 0 Å². The number of fused-ring (bicyclic) bond motifs is 1. The average Bonchev–Trinajstić information content (AvgIpc) is 3.38. The molecule has 0 bridgehead atoms. The van der Waals surface area contributed by atoms with E-state index < -0.39 is 0 Å². The minimum atomic E-state index is 0.0278. The first-order chi connectivity index (χ1) is 13.3. The molecule has 2 aliphatic heterocycles. The molecule has 0 radical (unpaired) electrons. The van der Waals surface area contributed by atoms with Crippen LogP contribution in [0.25, 0.3) is 10.4 Å². The first kappa shape index (κ1) is 16.6. The predicted octanol–water partition coefficient (Wildman–Crippen LogP) is 5.33. The van der Waals surface area contributed by atoms with Crippen molar-refractivity contribution in [3.63, 3.8) is 0 Å². The van der Waals surface area contributed by atoms with Crippen molar-refractivity contribution in [2.75, 3.05) is 17.2 Å². The molecule has 1 atom stereocenters. The van der Waals surface area contributed by atoms with Gasteiger partial charge in [0.15, 0.2) is 0 Å². The van der Waals surface area contributed by atoms with E-state index in [-0.39, 0.29) is 5.37 Å². The maximum atomic E-state index is 6.31. The Morgan fingerprint density at radius 3 is 2.93 bits per heavy atom. The summed E-state index contributed by atoms with van der Waals surface area (Å²) < 4.78 is 0. The van der Waals surface area contributed by atoms with Gasteiger partial charge in [0, 0.05) is 46.4 Å². The molecule has 0 saturated heterocycles. The maximum Gasteiger partial charge on any atom is 0.127 e. The van der Waals surface area contributed by atoms with Gasteiger partial charge in [-0.15, -0.1) is 11.3 Å². The summed E-state index contributed by atoms with van der Waals surface area (Å²) in [5.41, 5.74) is 11.7. The first-order valence-electron chi connectivity index (χ1n) is 8.83. The number of allylic oxidation sites excluding steroid dienone is 1. The third kappa shape index (κ3) is 3.15. The number of aliphatic imine (C=N–C) groups is 1. The van der Waals surface area contributed by atoms with Crippen molar-refractivity contribution in [1.82, 2.24) is 4.98 Å². The molecule has 0 fully saturated rings. The van der Waals surface area contributed by atoms with Crippen molar-refractivity contribution in [2.45, 2.75) is 11.8 Å². The highest BCUT2D eigenvalue weighted by Crippen LogP contribution is 2.47. The number of nitrogens with zero attached hydrogens (tertiary/aromatic N) is 3. The summed E-state index contributed by atoms with van der Waals surface area (Å²) in [6.07, 6.45) is 6.84. The van der Waals surface area contributed by atoms with Crippen LogP contribution in [-0.2, 0) is 0 Å². The lowest BCUT2D eigenvalue weighted by Gasteiger charge is -2.25. The van der Waals surface area contributed by atoms with Crippen LogP contribution < -0.4 is 10.6 Å². The van der Waals surface area contributed by atoms with Crippen LogP contribution >= 0.6 is 23.1 Å². The fourth-order valence-electron chi connectivity index (χ4n) is 3.39. The number of benzene rings is 1. The van der Waals surface area contributed by atoms with Gasteiger partial charge in [-0.1, -0.05) is 23.9 Å². The highest BCUT2D eigenvalue weighted by atomic mass is 32.2. The Hall–Kier alpha value is -2.57. The molecule has 0 amide bonds. The van der Waals surface area contributed by atoms with E-state index >= 15 is 0 Å². The number of hydrogen-bond donors (Lipinski definition) is 1. The number of nitrogen functional groups attached to an aromatic ring is 1. The third-order valence-corrected chi connectivity index (χ3v) is 6.89. The smallest absolute Gasteiger partial charge is 0.127 e. The van der Waals surface area contributed by atoms with Crippen molar-refractivity contribution in [3.05, 3.63) is 76.9 Å². The standard InChI is InChI=1S/C21H18N4S2/c22-17-6-5-14(19-4-2-10-26-19)11-16(17)21-24-18-7-9-25(13-20(18)27-21)15-3-1-8-23-12-15/h1-6,8,10-13,21H,7,9,22H2. The zero-order chi connectivity index (χ0) is 18.2. The number of thioether (sulfide) groups is 1. The second-order valence-electron chi connectivity index (χ2n) is 6.51. The molecule has 4 nitrogen and oxygen atoms in total. The van der Waals surface area contributed by atoms with Gasteiger partial charge in [0.1, 0.15) is 5.37 Å². The Bertz CT molecular complexity index is 1030. The highest BCUT2D eigenvalue weighted by Gasteiger charge is 2.29. The molecular weight excluding hydrogens is 372 g/mol. The van der Waals surface area contributed by atoms with E-state index in [2.05, 4.69) is 51.8 Å². The topological polar surface area (TPSA) is 54.5 Å². The lowest BCUT2D eigenvalue weighted by molar-refractivity contribution is 0.927. The Balaban J connectivity index is 1.45. The highest BCUT2D eigenvalue weighted by molar-refractivity contribution is 8.04. The van der Waals surface area contributed by atoms with Crippen LogP contribution in [0.3, 0.4) is 0 Å². The lowest BCUT2D eigenvalue weighted by atomic mass is 10.1. The number of anilines is 2. The molecule has 0 spiro atoms. The van der Waals surface area contributed by atoms with E-state index in [4.69, 9.17) is 10.7 Å². The number of aromatic nitrogens is 1. The van der Waals surface area contributed by atoms with Crippen LogP contribution in [0.2, 0.25) is 0 Å². The van der Waals surface area contributed by atoms with Gasteiger partial charge in [-0.25, -0.2) is 0 Å². The quantitative estimate of drug-likeness (QED) is 0.614. The van der Waals surface area contributed by atoms with Gasteiger partial charge in [-0.3, -0.25) is 9.98 Å². The van der Waals surface area contributed by atoms with Crippen molar-refractivity contribution in [2.24, 2.45) is 4.99 Å². The molecule has 6 heteroatoms. The predicted molar refractivity (Wildman–Crippen MR) is 116 cm³/mol. The molecule has 4 heterocycles. The molecule has 5 rings (SSSR count). The van der Waals surface area contributed by atoms with Crippen molar-refractivity contribution in [1.29, 1.82) is 0 Å². The molecule has 0 aliphatic carbocycles. The van der Waals surface area contributed by atoms with Gasteiger partial charge >= 0.3 is 0 Å². The summed E-state index contributed by atoms with van der Waals surface area (Å²) >= 11 is 3.53. The van der Waals surface area contributed by atoms with Gasteiger partial charge in [0.05, 0.1) is 17.6 Å². The van der Waals surface area contributed by atoms with E-state index in [1.165, 1.54) is 21.1 Å². The molecule has 1 aromatic carbocycles. The lowest BCUT2D eigenvalue weighted by Crippen LogP contribution is -2.25. The Kier molecular flexibility index (Phi) is 4.22. The molecule has 2 aliphatic rings. The zero-order valence-corrected chi connectivity index (χ0v) is 16.2. The summed E-state index contributed by atoms with van der Waals surface area (Å²) in [5, 5.41) is 2.13. The summed E-state index contributed by atoms with van der Waals surface area (Å²) in [6.45, 7) is 0.923. The molecule has 3 aromatic rings. The fourth-order valence-corrected chi connectivity index (χ4v) is 5.34. The first-order valence-corrected chi connectivity index (χ1v) is 10.6. The molecular formula is C21H18N4S2. The Morgan fingerprint density at radius 2 is 2.11 bits per heavy atom. The van der Waals surface area contributed by atoms with Gasteiger partial charge in [-0.2, -0.15) is 0 Å². The fraction of sp³-hybridized carbons (Fsp3) is 0.143. The van der Waals surface area contributed by atoms with Crippen molar-refractivity contribution >= 4 is 40.2 Å². The van der Waals surface area contributed by atoms with E-state index in [0.29, 0.717) is 0 Å². The number of nitrogens with two attached hydrogens (primary N) is 1. The number of thiophene rings is 1. The van der Waals surface area contributed by atoms with Crippen LogP contribution in [-0.4, -0.2) is 17.2 Å². The molecule has 27 heavy (non-hydrogen) atoms. The number of hydrogen-bond acceptors (Lipinski definition) is 6. The van der Waals surface area contributed by atoms with Crippen molar-refractivity contribution < 1.29 is 0 Å². The van der Waals surface area contributed by atoms with Crippen LogP contribution in [0, 0.1) is 0 Å². The normalized spacial score (nSPS) is 18.8. The van der Waals surface area contributed by atoms with E-state index in [9.17, 15) is 0 Å². The molecule has 2 aromatic heterocycles. The third-order valence-electron chi connectivity index (χ3n) is 4.79. The summed E-state index contributed by atoms with van der Waals surface area (Å²) in [4.78, 5) is 14.0. The SMILES string of the molecule is Nc1ccc(-c2cccs2)cc1C1N=C2CCN(c3cccnc3)C=C2S1. The molecule has 1 unspecified atom stereocenters. The number of rotatable bonds is 3.